The number of hydrogen-bond acceptors (Lipinski definition) is 2. The van der Waals surface area contributed by atoms with Crippen molar-refractivity contribution in [2.45, 2.75) is 10.6 Å². The van der Waals surface area contributed by atoms with Gasteiger partial charge in [-0.25, -0.2) is 8.78 Å². The molecule has 2 rings (SSSR count). The van der Waals surface area contributed by atoms with Gasteiger partial charge in [0.15, 0.2) is 0 Å². The molecule has 0 aliphatic carbocycles. The van der Waals surface area contributed by atoms with Gasteiger partial charge in [-0.3, -0.25) is 0 Å². The molecular weight excluding hydrogens is 276 g/mol. The van der Waals surface area contributed by atoms with Crippen LogP contribution in [-0.2, 0) is 5.75 Å². The van der Waals surface area contributed by atoms with E-state index >= 15 is 0 Å². The Morgan fingerprint density at radius 3 is 2.56 bits per heavy atom. The maximum atomic E-state index is 13.5. The number of thioether (sulfide) groups is 1. The number of hydrogen-bond donors (Lipinski definition) is 1. The third-order valence-electron chi connectivity index (χ3n) is 2.35. The smallest absolute Gasteiger partial charge is 0.138 e. The lowest BCUT2D eigenvalue weighted by atomic mass is 10.2. The van der Waals surface area contributed by atoms with Gasteiger partial charge in [-0.2, -0.15) is 0 Å². The molecule has 0 heterocycles. The predicted molar refractivity (Wildman–Crippen MR) is 71.8 cm³/mol. The zero-order chi connectivity index (χ0) is 13.1. The van der Waals surface area contributed by atoms with Gasteiger partial charge in [-0.1, -0.05) is 17.7 Å². The van der Waals surface area contributed by atoms with Gasteiger partial charge in [0.1, 0.15) is 11.6 Å². The Kier molecular flexibility index (Phi) is 4.09. The molecule has 0 spiro atoms. The molecule has 0 saturated carbocycles. The van der Waals surface area contributed by atoms with Crippen molar-refractivity contribution in [3.05, 3.63) is 58.6 Å². The van der Waals surface area contributed by atoms with Gasteiger partial charge in [0.2, 0.25) is 0 Å². The van der Waals surface area contributed by atoms with Gasteiger partial charge < -0.3 is 5.73 Å². The zero-order valence-corrected chi connectivity index (χ0v) is 10.9. The summed E-state index contributed by atoms with van der Waals surface area (Å²) in [5, 5.41) is 0.346. The molecule has 5 heteroatoms. The minimum absolute atomic E-state index is 0.346. The molecular formula is C13H10ClF2NS. The Balaban J connectivity index is 2.11. The topological polar surface area (TPSA) is 26.0 Å². The van der Waals surface area contributed by atoms with Gasteiger partial charge in [0.05, 0.1) is 0 Å². The molecule has 0 radical (unpaired) electrons. The maximum Gasteiger partial charge on any atom is 0.138 e. The minimum atomic E-state index is -0.382. The van der Waals surface area contributed by atoms with Crippen molar-refractivity contribution in [3.8, 4) is 0 Å². The third-order valence-corrected chi connectivity index (χ3v) is 3.80. The Bertz CT molecular complexity index is 523. The second-order valence-electron chi connectivity index (χ2n) is 3.71. The van der Waals surface area contributed by atoms with Gasteiger partial charge >= 0.3 is 0 Å². The van der Waals surface area contributed by atoms with Crippen molar-refractivity contribution in [1.82, 2.24) is 0 Å². The van der Waals surface area contributed by atoms with Crippen LogP contribution in [0.4, 0.5) is 14.5 Å². The van der Waals surface area contributed by atoms with E-state index in [4.69, 9.17) is 17.3 Å². The molecule has 0 aliphatic heterocycles. The average Bonchev–Trinajstić information content (AvgIpc) is 2.30. The summed E-state index contributed by atoms with van der Waals surface area (Å²) in [6.45, 7) is 0. The lowest BCUT2D eigenvalue weighted by Crippen LogP contribution is -1.89. The first-order chi connectivity index (χ1) is 8.56. The van der Waals surface area contributed by atoms with Crippen molar-refractivity contribution >= 4 is 29.1 Å². The summed E-state index contributed by atoms with van der Waals surface area (Å²) in [6, 6.07) is 8.71. The van der Waals surface area contributed by atoms with Crippen LogP contribution in [0.15, 0.2) is 41.3 Å². The van der Waals surface area contributed by atoms with E-state index in [0.717, 1.165) is 5.56 Å². The lowest BCUT2D eigenvalue weighted by Gasteiger charge is -2.06. The molecule has 0 aromatic heterocycles. The van der Waals surface area contributed by atoms with Gasteiger partial charge in [0, 0.05) is 21.4 Å². The Morgan fingerprint density at radius 2 is 1.89 bits per heavy atom. The van der Waals surface area contributed by atoms with E-state index in [1.807, 2.05) is 0 Å². The van der Waals surface area contributed by atoms with Crippen LogP contribution in [0.3, 0.4) is 0 Å². The molecule has 0 aliphatic rings. The maximum absolute atomic E-state index is 13.5. The summed E-state index contributed by atoms with van der Waals surface area (Å²) in [7, 11) is 0. The Labute approximate surface area is 113 Å². The summed E-state index contributed by atoms with van der Waals surface area (Å²) in [4.78, 5) is 0.490. The molecule has 1 nitrogen and oxygen atoms in total. The molecule has 94 valence electrons. The van der Waals surface area contributed by atoms with Gasteiger partial charge in [0.25, 0.3) is 0 Å². The van der Waals surface area contributed by atoms with Crippen LogP contribution in [0, 0.1) is 11.6 Å². The number of rotatable bonds is 3. The summed E-state index contributed by atoms with van der Waals surface area (Å²) in [5.41, 5.74) is 6.61. The van der Waals surface area contributed by atoms with E-state index < -0.39 is 0 Å². The molecule has 0 atom stereocenters. The molecule has 0 fully saturated rings. The highest BCUT2D eigenvalue weighted by atomic mass is 35.5. The predicted octanol–water partition coefficient (Wildman–Crippen LogP) is 4.49. The standard InChI is InChI=1S/C13H10ClF2NS/c14-11-5-9(15)2-1-8(11)7-18-13-4-3-10(17)6-12(13)16/h1-6H,7,17H2. The number of nitrogen functional groups attached to an aromatic ring is 1. The van der Waals surface area contributed by atoms with Gasteiger partial charge in [-0.15, -0.1) is 11.8 Å². The molecule has 2 N–H and O–H groups in total. The van der Waals surface area contributed by atoms with Crippen LogP contribution in [0.2, 0.25) is 5.02 Å². The van der Waals surface area contributed by atoms with E-state index in [-0.39, 0.29) is 11.6 Å². The first kappa shape index (κ1) is 13.2. The zero-order valence-electron chi connectivity index (χ0n) is 9.29. The van der Waals surface area contributed by atoms with Crippen LogP contribution < -0.4 is 5.73 Å². The van der Waals surface area contributed by atoms with Crippen LogP contribution in [0.25, 0.3) is 0 Å². The molecule has 2 aromatic carbocycles. The number of anilines is 1. The van der Waals surface area contributed by atoms with E-state index in [2.05, 4.69) is 0 Å². The third kappa shape index (κ3) is 3.15. The van der Waals surface area contributed by atoms with Crippen LogP contribution >= 0.6 is 23.4 Å². The van der Waals surface area contributed by atoms with Crippen LogP contribution in [-0.4, -0.2) is 0 Å². The normalized spacial score (nSPS) is 10.6. The van der Waals surface area contributed by atoms with Crippen LogP contribution in [0.1, 0.15) is 5.56 Å². The first-order valence-electron chi connectivity index (χ1n) is 5.18. The molecule has 0 unspecified atom stereocenters. The fraction of sp³-hybridized carbons (Fsp3) is 0.0769. The van der Waals surface area contributed by atoms with Crippen molar-refractivity contribution in [2.75, 3.05) is 5.73 Å². The second-order valence-corrected chi connectivity index (χ2v) is 5.14. The van der Waals surface area contributed by atoms with E-state index in [1.165, 1.54) is 30.0 Å². The van der Waals surface area contributed by atoms with Crippen molar-refractivity contribution < 1.29 is 8.78 Å². The van der Waals surface area contributed by atoms with Crippen molar-refractivity contribution in [2.24, 2.45) is 0 Å². The average molecular weight is 286 g/mol. The number of benzene rings is 2. The SMILES string of the molecule is Nc1ccc(SCc2ccc(F)cc2Cl)c(F)c1. The second kappa shape index (κ2) is 5.59. The monoisotopic (exact) mass is 285 g/mol. The quantitative estimate of drug-likeness (QED) is 0.664. The highest BCUT2D eigenvalue weighted by Gasteiger charge is 2.06. The molecule has 18 heavy (non-hydrogen) atoms. The summed E-state index contributed by atoms with van der Waals surface area (Å²) in [5.74, 6) is -0.273. The van der Waals surface area contributed by atoms with Crippen molar-refractivity contribution in [3.63, 3.8) is 0 Å². The summed E-state index contributed by atoms with van der Waals surface area (Å²) >= 11 is 7.19. The minimum Gasteiger partial charge on any atom is -0.399 e. The Morgan fingerprint density at radius 1 is 1.11 bits per heavy atom. The number of halogens is 3. The molecule has 0 amide bonds. The lowest BCUT2D eigenvalue weighted by molar-refractivity contribution is 0.602. The van der Waals surface area contributed by atoms with E-state index in [9.17, 15) is 8.78 Å². The summed E-state index contributed by atoms with van der Waals surface area (Å²) < 4.78 is 26.4. The fourth-order valence-electron chi connectivity index (χ4n) is 1.43. The van der Waals surface area contributed by atoms with Gasteiger partial charge in [-0.05, 0) is 35.9 Å². The highest BCUT2D eigenvalue weighted by molar-refractivity contribution is 7.98. The van der Waals surface area contributed by atoms with Crippen LogP contribution in [0.5, 0.6) is 0 Å². The van der Waals surface area contributed by atoms with Crippen molar-refractivity contribution in [1.29, 1.82) is 0 Å². The molecule has 0 bridgehead atoms. The largest absolute Gasteiger partial charge is 0.399 e. The molecule has 0 saturated heterocycles. The number of nitrogens with two attached hydrogens (primary N) is 1. The molecule has 2 aromatic rings. The summed E-state index contributed by atoms with van der Waals surface area (Å²) in [6.07, 6.45) is 0. The fourth-order valence-corrected chi connectivity index (χ4v) is 2.67. The van der Waals surface area contributed by atoms with E-state index in [0.29, 0.717) is 21.4 Å². The Hall–Kier alpha value is -1.26. The first-order valence-corrected chi connectivity index (χ1v) is 6.54. The highest BCUT2D eigenvalue weighted by Crippen LogP contribution is 2.29. The van der Waals surface area contributed by atoms with E-state index in [1.54, 1.807) is 18.2 Å².